The fourth-order valence-corrected chi connectivity index (χ4v) is 1.54. The standard InChI is InChI=1S/C10H16N2O2S/c1-7(2)8(3)10-11-5-9(6-12-10)15(4,13)14/h5-8H,1-4H3/t8-/m1/s1. The van der Waals surface area contributed by atoms with Gasteiger partial charge in [0.1, 0.15) is 10.7 Å². The van der Waals surface area contributed by atoms with E-state index < -0.39 is 9.84 Å². The van der Waals surface area contributed by atoms with Crippen molar-refractivity contribution in [3.8, 4) is 0 Å². The lowest BCUT2D eigenvalue weighted by Crippen LogP contribution is -2.08. The summed E-state index contributed by atoms with van der Waals surface area (Å²) in [4.78, 5) is 8.32. The van der Waals surface area contributed by atoms with Gasteiger partial charge in [-0.2, -0.15) is 0 Å². The first-order chi connectivity index (χ1) is 6.82. The van der Waals surface area contributed by atoms with Gasteiger partial charge in [0, 0.05) is 24.6 Å². The number of hydrogen-bond donors (Lipinski definition) is 0. The average Bonchev–Trinajstić information content (AvgIpc) is 2.15. The molecular formula is C10H16N2O2S. The summed E-state index contributed by atoms with van der Waals surface area (Å²) < 4.78 is 22.3. The highest BCUT2D eigenvalue weighted by molar-refractivity contribution is 7.90. The van der Waals surface area contributed by atoms with E-state index >= 15 is 0 Å². The molecule has 0 N–H and O–H groups in total. The van der Waals surface area contributed by atoms with Crippen LogP contribution in [0.4, 0.5) is 0 Å². The van der Waals surface area contributed by atoms with Crippen molar-refractivity contribution < 1.29 is 8.42 Å². The molecule has 1 heterocycles. The van der Waals surface area contributed by atoms with Crippen molar-refractivity contribution in [2.24, 2.45) is 5.92 Å². The smallest absolute Gasteiger partial charge is 0.178 e. The molecule has 0 fully saturated rings. The van der Waals surface area contributed by atoms with Crippen LogP contribution in [-0.4, -0.2) is 24.6 Å². The molecule has 0 aliphatic carbocycles. The Bertz CT molecular complexity index is 423. The number of rotatable bonds is 3. The van der Waals surface area contributed by atoms with Crippen LogP contribution in [0.25, 0.3) is 0 Å². The third kappa shape index (κ3) is 2.99. The van der Waals surface area contributed by atoms with Gasteiger partial charge in [-0.25, -0.2) is 18.4 Å². The van der Waals surface area contributed by atoms with E-state index in [9.17, 15) is 8.42 Å². The lowest BCUT2D eigenvalue weighted by molar-refractivity contribution is 0.508. The number of sulfone groups is 1. The molecule has 0 spiro atoms. The summed E-state index contributed by atoms with van der Waals surface area (Å²) in [6.07, 6.45) is 3.89. The van der Waals surface area contributed by atoms with Crippen LogP contribution in [0.15, 0.2) is 17.3 Å². The van der Waals surface area contributed by atoms with Crippen molar-refractivity contribution in [3.63, 3.8) is 0 Å². The van der Waals surface area contributed by atoms with Crippen LogP contribution in [0.5, 0.6) is 0 Å². The van der Waals surface area contributed by atoms with Gasteiger partial charge in [0.2, 0.25) is 0 Å². The molecule has 1 aromatic rings. The van der Waals surface area contributed by atoms with Crippen LogP contribution in [0, 0.1) is 5.92 Å². The zero-order chi connectivity index (χ0) is 11.6. The van der Waals surface area contributed by atoms with Gasteiger partial charge in [0.05, 0.1) is 0 Å². The van der Waals surface area contributed by atoms with Crippen LogP contribution in [0.3, 0.4) is 0 Å². The summed E-state index contributed by atoms with van der Waals surface area (Å²) in [5.41, 5.74) is 0. The summed E-state index contributed by atoms with van der Waals surface area (Å²) in [5.74, 6) is 1.37. The summed E-state index contributed by atoms with van der Waals surface area (Å²) in [7, 11) is -3.19. The van der Waals surface area contributed by atoms with E-state index in [1.54, 1.807) is 0 Å². The van der Waals surface area contributed by atoms with Crippen LogP contribution in [0.1, 0.15) is 32.5 Å². The molecule has 0 aliphatic heterocycles. The first-order valence-corrected chi connectivity index (χ1v) is 6.73. The molecule has 1 aromatic heterocycles. The van der Waals surface area contributed by atoms with E-state index in [4.69, 9.17) is 0 Å². The minimum Gasteiger partial charge on any atom is -0.240 e. The quantitative estimate of drug-likeness (QED) is 0.789. The molecule has 0 unspecified atom stereocenters. The highest BCUT2D eigenvalue weighted by Gasteiger charge is 2.14. The van der Waals surface area contributed by atoms with Crippen molar-refractivity contribution in [2.75, 3.05) is 6.26 Å². The average molecular weight is 228 g/mol. The Morgan fingerprint density at radius 2 is 1.60 bits per heavy atom. The third-order valence-electron chi connectivity index (χ3n) is 2.48. The number of aromatic nitrogens is 2. The molecule has 0 aromatic carbocycles. The van der Waals surface area contributed by atoms with E-state index in [1.807, 2.05) is 6.92 Å². The largest absolute Gasteiger partial charge is 0.240 e. The van der Waals surface area contributed by atoms with E-state index in [-0.39, 0.29) is 10.8 Å². The second-order valence-electron chi connectivity index (χ2n) is 4.08. The number of nitrogens with zero attached hydrogens (tertiary/aromatic N) is 2. The van der Waals surface area contributed by atoms with Crippen LogP contribution in [-0.2, 0) is 9.84 Å². The second-order valence-corrected chi connectivity index (χ2v) is 6.10. The maximum Gasteiger partial charge on any atom is 0.178 e. The Hall–Kier alpha value is -0.970. The topological polar surface area (TPSA) is 59.9 Å². The van der Waals surface area contributed by atoms with Crippen LogP contribution < -0.4 is 0 Å². The molecule has 84 valence electrons. The Morgan fingerprint density at radius 1 is 1.13 bits per heavy atom. The monoisotopic (exact) mass is 228 g/mol. The molecule has 5 heteroatoms. The SMILES string of the molecule is CC(C)[C@@H](C)c1ncc(S(C)(=O)=O)cn1. The van der Waals surface area contributed by atoms with Gasteiger partial charge in [-0.05, 0) is 5.92 Å². The summed E-state index contributed by atoms with van der Waals surface area (Å²) in [6.45, 7) is 6.19. The minimum absolute atomic E-state index is 0.169. The molecule has 4 nitrogen and oxygen atoms in total. The fourth-order valence-electron chi connectivity index (χ4n) is 1.05. The predicted octanol–water partition coefficient (Wildman–Crippen LogP) is 1.64. The maximum absolute atomic E-state index is 11.2. The first-order valence-electron chi connectivity index (χ1n) is 4.84. The molecule has 0 bridgehead atoms. The van der Waals surface area contributed by atoms with Gasteiger partial charge in [-0.3, -0.25) is 0 Å². The molecule has 0 amide bonds. The molecule has 0 saturated carbocycles. The summed E-state index contributed by atoms with van der Waals surface area (Å²) in [5, 5.41) is 0. The maximum atomic E-state index is 11.2. The van der Waals surface area contributed by atoms with Gasteiger partial charge in [0.15, 0.2) is 9.84 Å². The van der Waals surface area contributed by atoms with Crippen LogP contribution >= 0.6 is 0 Å². The zero-order valence-electron chi connectivity index (χ0n) is 9.43. The van der Waals surface area contributed by atoms with E-state index in [1.165, 1.54) is 12.4 Å². The van der Waals surface area contributed by atoms with Gasteiger partial charge in [-0.1, -0.05) is 20.8 Å². The van der Waals surface area contributed by atoms with Crippen molar-refractivity contribution in [1.29, 1.82) is 0 Å². The molecule has 0 aliphatic rings. The Labute approximate surface area is 90.7 Å². The van der Waals surface area contributed by atoms with Crippen molar-refractivity contribution >= 4 is 9.84 Å². The Balaban J connectivity index is 3.01. The lowest BCUT2D eigenvalue weighted by Gasteiger charge is -2.13. The predicted molar refractivity (Wildman–Crippen MR) is 58.4 cm³/mol. The molecule has 1 atom stereocenters. The summed E-state index contributed by atoms with van der Waals surface area (Å²) in [6, 6.07) is 0. The van der Waals surface area contributed by atoms with Crippen molar-refractivity contribution in [3.05, 3.63) is 18.2 Å². The van der Waals surface area contributed by atoms with E-state index in [0.717, 1.165) is 6.26 Å². The van der Waals surface area contributed by atoms with Gasteiger partial charge < -0.3 is 0 Å². The van der Waals surface area contributed by atoms with Crippen molar-refractivity contribution in [1.82, 2.24) is 9.97 Å². The summed E-state index contributed by atoms with van der Waals surface area (Å²) >= 11 is 0. The zero-order valence-corrected chi connectivity index (χ0v) is 10.2. The van der Waals surface area contributed by atoms with Gasteiger partial charge in [-0.15, -0.1) is 0 Å². The highest BCUT2D eigenvalue weighted by Crippen LogP contribution is 2.20. The highest BCUT2D eigenvalue weighted by atomic mass is 32.2. The first kappa shape index (κ1) is 12.1. The Kier molecular flexibility index (Phi) is 3.44. The molecule has 1 rings (SSSR count). The molecule has 0 radical (unpaired) electrons. The normalized spacial score (nSPS) is 14.2. The van der Waals surface area contributed by atoms with Gasteiger partial charge in [0.25, 0.3) is 0 Å². The fraction of sp³-hybridized carbons (Fsp3) is 0.600. The van der Waals surface area contributed by atoms with Gasteiger partial charge >= 0.3 is 0 Å². The molecule has 0 saturated heterocycles. The van der Waals surface area contributed by atoms with E-state index in [0.29, 0.717) is 11.7 Å². The third-order valence-corrected chi connectivity index (χ3v) is 3.55. The minimum atomic E-state index is -3.19. The van der Waals surface area contributed by atoms with E-state index in [2.05, 4.69) is 23.8 Å². The second kappa shape index (κ2) is 4.26. The molecular weight excluding hydrogens is 212 g/mol. The Morgan fingerprint density at radius 3 is 1.93 bits per heavy atom. The number of hydrogen-bond acceptors (Lipinski definition) is 4. The lowest BCUT2D eigenvalue weighted by atomic mass is 9.97. The van der Waals surface area contributed by atoms with Crippen molar-refractivity contribution in [2.45, 2.75) is 31.6 Å². The van der Waals surface area contributed by atoms with Crippen LogP contribution in [0.2, 0.25) is 0 Å². The molecule has 15 heavy (non-hydrogen) atoms.